The lowest BCUT2D eigenvalue weighted by atomic mass is 10.1. The minimum absolute atomic E-state index is 0. The van der Waals surface area contributed by atoms with Crippen LogP contribution in [0.1, 0.15) is 59.4 Å². The fourth-order valence-electron chi connectivity index (χ4n) is 3.36. The van der Waals surface area contributed by atoms with Crippen LogP contribution in [0.25, 0.3) is 0 Å². The van der Waals surface area contributed by atoms with E-state index in [9.17, 15) is 0 Å². The van der Waals surface area contributed by atoms with Crippen molar-refractivity contribution in [1.82, 2.24) is 15.5 Å². The summed E-state index contributed by atoms with van der Waals surface area (Å²) in [5.74, 6) is 1.81. The van der Waals surface area contributed by atoms with Crippen LogP contribution in [0.5, 0.6) is 5.75 Å². The molecule has 160 valence electrons. The molecule has 0 amide bonds. The fourth-order valence-corrected chi connectivity index (χ4v) is 3.36. The van der Waals surface area contributed by atoms with Crippen molar-refractivity contribution < 1.29 is 4.74 Å². The molecule has 0 radical (unpaired) electrons. The summed E-state index contributed by atoms with van der Waals surface area (Å²) < 4.78 is 6.09. The van der Waals surface area contributed by atoms with Crippen LogP contribution >= 0.6 is 24.0 Å². The predicted octanol–water partition coefficient (Wildman–Crippen LogP) is 4.41. The Morgan fingerprint density at radius 2 is 1.86 bits per heavy atom. The van der Waals surface area contributed by atoms with E-state index in [-0.39, 0.29) is 29.6 Å². The molecule has 0 aliphatic carbocycles. The third-order valence-electron chi connectivity index (χ3n) is 4.61. The molecular weight excluding hydrogens is 463 g/mol. The minimum Gasteiger partial charge on any atom is -0.488 e. The van der Waals surface area contributed by atoms with Crippen LogP contribution in [-0.4, -0.2) is 48.7 Å². The van der Waals surface area contributed by atoms with Gasteiger partial charge in [0.25, 0.3) is 0 Å². The van der Waals surface area contributed by atoms with E-state index < -0.39 is 0 Å². The first-order valence-corrected chi connectivity index (χ1v) is 10.5. The number of guanidine groups is 1. The molecule has 2 rings (SSSR count). The van der Waals surface area contributed by atoms with Gasteiger partial charge in [-0.2, -0.15) is 0 Å². The Bertz CT molecular complexity index is 592. The molecule has 0 saturated carbocycles. The van der Waals surface area contributed by atoms with E-state index in [0.717, 1.165) is 23.8 Å². The third kappa shape index (κ3) is 8.99. The average molecular weight is 502 g/mol. The van der Waals surface area contributed by atoms with Gasteiger partial charge in [0.05, 0.1) is 6.54 Å². The molecule has 1 aromatic rings. The number of hydrogen-bond acceptors (Lipinski definition) is 3. The topological polar surface area (TPSA) is 48.9 Å². The number of nitrogens with one attached hydrogen (secondary N) is 2. The highest BCUT2D eigenvalue weighted by Gasteiger charge is 2.19. The van der Waals surface area contributed by atoms with Gasteiger partial charge in [0.2, 0.25) is 0 Å². The number of para-hydroxylation sites is 1. The maximum Gasteiger partial charge on any atom is 0.191 e. The van der Waals surface area contributed by atoms with Gasteiger partial charge in [0.15, 0.2) is 5.96 Å². The third-order valence-corrected chi connectivity index (χ3v) is 4.61. The molecule has 1 saturated heterocycles. The van der Waals surface area contributed by atoms with Gasteiger partial charge in [-0.05, 0) is 59.6 Å². The van der Waals surface area contributed by atoms with Crippen molar-refractivity contribution in [3.8, 4) is 5.75 Å². The van der Waals surface area contributed by atoms with E-state index in [4.69, 9.17) is 9.73 Å². The summed E-state index contributed by atoms with van der Waals surface area (Å²) in [6.07, 6.45) is 3.58. The zero-order chi connectivity index (χ0) is 19.7. The zero-order valence-electron chi connectivity index (χ0n) is 18.3. The quantitative estimate of drug-likeness (QED) is 0.330. The van der Waals surface area contributed by atoms with Crippen LogP contribution in [0.15, 0.2) is 29.3 Å². The number of benzene rings is 1. The highest BCUT2D eigenvalue weighted by Crippen LogP contribution is 2.23. The van der Waals surface area contributed by atoms with E-state index in [2.05, 4.69) is 56.2 Å². The molecule has 0 spiro atoms. The fraction of sp³-hybridized carbons (Fsp3) is 0.682. The Labute approximate surface area is 188 Å². The lowest BCUT2D eigenvalue weighted by Gasteiger charge is -2.32. The number of nitrogens with zero attached hydrogens (tertiary/aromatic N) is 2. The van der Waals surface area contributed by atoms with Gasteiger partial charge in [-0.15, -0.1) is 24.0 Å². The molecule has 0 unspecified atom stereocenters. The molecular formula is C22H39IN4O. The van der Waals surface area contributed by atoms with Crippen molar-refractivity contribution in [2.75, 3.05) is 26.2 Å². The SMILES string of the molecule is CCCN1CCC(NC(=NCc2ccccc2OC(C)(C)C)NCC)CC1.I. The van der Waals surface area contributed by atoms with Gasteiger partial charge in [0.1, 0.15) is 11.4 Å². The lowest BCUT2D eigenvalue weighted by Crippen LogP contribution is -2.48. The van der Waals surface area contributed by atoms with Crippen molar-refractivity contribution >= 4 is 29.9 Å². The summed E-state index contributed by atoms with van der Waals surface area (Å²) in [4.78, 5) is 7.38. The Morgan fingerprint density at radius 1 is 1.18 bits per heavy atom. The standard InChI is InChI=1S/C22H38N4O.HI/c1-6-14-26-15-12-19(13-16-26)25-21(23-7-2)24-17-18-10-8-9-11-20(18)27-22(3,4)5;/h8-11,19H,6-7,12-17H2,1-5H3,(H2,23,24,25);1H. The summed E-state index contributed by atoms with van der Waals surface area (Å²) in [6.45, 7) is 15.6. The number of piperidine rings is 1. The maximum absolute atomic E-state index is 6.09. The number of aliphatic imine (C=N–C) groups is 1. The monoisotopic (exact) mass is 502 g/mol. The Kier molecular flexibility index (Phi) is 11.2. The second-order valence-electron chi connectivity index (χ2n) is 8.28. The molecule has 28 heavy (non-hydrogen) atoms. The molecule has 0 aromatic heterocycles. The molecule has 0 bridgehead atoms. The minimum atomic E-state index is -0.213. The summed E-state index contributed by atoms with van der Waals surface area (Å²) >= 11 is 0. The van der Waals surface area contributed by atoms with Crippen LogP contribution in [-0.2, 0) is 6.54 Å². The van der Waals surface area contributed by atoms with Crippen molar-refractivity contribution in [3.05, 3.63) is 29.8 Å². The number of likely N-dealkylation sites (tertiary alicyclic amines) is 1. The Balaban J connectivity index is 0.00000392. The van der Waals surface area contributed by atoms with Crippen LogP contribution in [0, 0.1) is 0 Å². The molecule has 2 N–H and O–H groups in total. The van der Waals surface area contributed by atoms with Crippen LogP contribution < -0.4 is 15.4 Å². The molecule has 0 atom stereocenters. The summed E-state index contributed by atoms with van der Waals surface area (Å²) in [5.41, 5.74) is 0.900. The van der Waals surface area contributed by atoms with Gasteiger partial charge in [-0.1, -0.05) is 25.1 Å². The van der Waals surface area contributed by atoms with Crippen LogP contribution in [0.3, 0.4) is 0 Å². The lowest BCUT2D eigenvalue weighted by molar-refractivity contribution is 0.129. The van der Waals surface area contributed by atoms with E-state index in [1.165, 1.54) is 38.9 Å². The Morgan fingerprint density at radius 3 is 2.46 bits per heavy atom. The molecule has 1 aliphatic rings. The smallest absolute Gasteiger partial charge is 0.191 e. The molecule has 1 aliphatic heterocycles. The predicted molar refractivity (Wildman–Crippen MR) is 130 cm³/mol. The maximum atomic E-state index is 6.09. The number of ether oxygens (including phenoxy) is 1. The molecule has 6 heteroatoms. The van der Waals surface area contributed by atoms with Crippen LogP contribution in [0.4, 0.5) is 0 Å². The number of halogens is 1. The van der Waals surface area contributed by atoms with E-state index in [0.29, 0.717) is 12.6 Å². The Hall–Kier alpha value is -1.02. The summed E-state index contributed by atoms with van der Waals surface area (Å²) in [5, 5.41) is 7.02. The largest absolute Gasteiger partial charge is 0.488 e. The summed E-state index contributed by atoms with van der Waals surface area (Å²) in [6, 6.07) is 8.68. The highest BCUT2D eigenvalue weighted by atomic mass is 127. The zero-order valence-corrected chi connectivity index (χ0v) is 20.6. The first-order chi connectivity index (χ1) is 12.9. The number of hydrogen-bond donors (Lipinski definition) is 2. The molecule has 1 fully saturated rings. The van der Waals surface area contributed by atoms with Gasteiger partial charge >= 0.3 is 0 Å². The van der Waals surface area contributed by atoms with Gasteiger partial charge in [0, 0.05) is 31.2 Å². The second kappa shape index (κ2) is 12.5. The van der Waals surface area contributed by atoms with Gasteiger partial charge < -0.3 is 20.3 Å². The second-order valence-corrected chi connectivity index (χ2v) is 8.28. The first kappa shape index (κ1) is 25.0. The average Bonchev–Trinajstić information content (AvgIpc) is 2.61. The van der Waals surface area contributed by atoms with E-state index in [1.807, 2.05) is 18.2 Å². The van der Waals surface area contributed by atoms with Crippen molar-refractivity contribution in [2.24, 2.45) is 4.99 Å². The van der Waals surface area contributed by atoms with E-state index in [1.54, 1.807) is 0 Å². The van der Waals surface area contributed by atoms with Crippen molar-refractivity contribution in [1.29, 1.82) is 0 Å². The summed E-state index contributed by atoms with van der Waals surface area (Å²) in [7, 11) is 0. The van der Waals surface area contributed by atoms with Crippen molar-refractivity contribution in [2.45, 2.75) is 72.1 Å². The van der Waals surface area contributed by atoms with Crippen molar-refractivity contribution in [3.63, 3.8) is 0 Å². The molecule has 1 heterocycles. The molecule has 1 aromatic carbocycles. The normalized spacial score (nSPS) is 16.4. The van der Waals surface area contributed by atoms with Crippen LogP contribution in [0.2, 0.25) is 0 Å². The van der Waals surface area contributed by atoms with Gasteiger partial charge in [-0.3, -0.25) is 0 Å². The van der Waals surface area contributed by atoms with Gasteiger partial charge in [-0.25, -0.2) is 4.99 Å². The van der Waals surface area contributed by atoms with E-state index >= 15 is 0 Å². The number of rotatable bonds is 7. The molecule has 5 nitrogen and oxygen atoms in total. The first-order valence-electron chi connectivity index (χ1n) is 10.5. The highest BCUT2D eigenvalue weighted by molar-refractivity contribution is 14.0.